The largest absolute Gasteiger partial charge is 0.348 e. The molecular weight excluding hydrogens is 290 g/mol. The third-order valence-electron chi connectivity index (χ3n) is 3.65. The van der Waals surface area contributed by atoms with Gasteiger partial charge in [-0.2, -0.15) is 0 Å². The molecule has 1 saturated carbocycles. The van der Waals surface area contributed by atoms with E-state index in [1.807, 2.05) is 13.8 Å². The number of hydrogen-bond donors (Lipinski definition) is 1. The Morgan fingerprint density at radius 3 is 2.33 bits per heavy atom. The predicted octanol–water partition coefficient (Wildman–Crippen LogP) is 3.66. The van der Waals surface area contributed by atoms with Gasteiger partial charge in [-0.3, -0.25) is 4.79 Å². The summed E-state index contributed by atoms with van der Waals surface area (Å²) in [5.41, 5.74) is 4.18. The Morgan fingerprint density at radius 2 is 1.83 bits per heavy atom. The summed E-state index contributed by atoms with van der Waals surface area (Å²) < 4.78 is 0. The first kappa shape index (κ1) is 13.6. The number of nitrogens with one attached hydrogen (secondary N) is 1. The van der Waals surface area contributed by atoms with Gasteiger partial charge in [-0.15, -0.1) is 0 Å². The fourth-order valence-corrected chi connectivity index (χ4v) is 3.58. The minimum atomic E-state index is 0.0707. The first-order valence-corrected chi connectivity index (χ1v) is 7.43. The zero-order valence-corrected chi connectivity index (χ0v) is 12.8. The summed E-state index contributed by atoms with van der Waals surface area (Å²) in [4.78, 5) is 12.8. The van der Waals surface area contributed by atoms with Crippen molar-refractivity contribution in [3.05, 3.63) is 34.4 Å². The maximum absolute atomic E-state index is 12.4. The topological polar surface area (TPSA) is 29.1 Å². The molecule has 1 fully saturated rings. The standard InChI is InChI=1S/C15H20BrNO/c1-9-7-10(2)14(11(3)8-9)15(18)17-13-6-4-5-12(13)16/h7-8,12-13H,4-6H2,1-3H3,(H,17,18). The van der Waals surface area contributed by atoms with Crippen LogP contribution in [-0.4, -0.2) is 16.8 Å². The third-order valence-corrected chi connectivity index (χ3v) is 4.75. The van der Waals surface area contributed by atoms with Crippen molar-refractivity contribution >= 4 is 21.8 Å². The lowest BCUT2D eigenvalue weighted by Crippen LogP contribution is -2.38. The maximum atomic E-state index is 12.4. The average molecular weight is 310 g/mol. The van der Waals surface area contributed by atoms with E-state index in [9.17, 15) is 4.79 Å². The highest BCUT2D eigenvalue weighted by atomic mass is 79.9. The van der Waals surface area contributed by atoms with Gasteiger partial charge in [-0.05, 0) is 44.7 Å². The summed E-state index contributed by atoms with van der Waals surface area (Å²) in [6, 6.07) is 4.42. The van der Waals surface area contributed by atoms with E-state index < -0.39 is 0 Å². The molecule has 1 aliphatic rings. The van der Waals surface area contributed by atoms with E-state index in [0.717, 1.165) is 29.5 Å². The molecule has 0 radical (unpaired) electrons. The summed E-state index contributed by atoms with van der Waals surface area (Å²) in [6.07, 6.45) is 3.41. The zero-order chi connectivity index (χ0) is 13.3. The van der Waals surface area contributed by atoms with Crippen molar-refractivity contribution in [2.75, 3.05) is 0 Å². The minimum absolute atomic E-state index is 0.0707. The van der Waals surface area contributed by atoms with Gasteiger partial charge < -0.3 is 5.32 Å². The first-order chi connectivity index (χ1) is 8.49. The van der Waals surface area contributed by atoms with E-state index in [1.165, 1.54) is 12.0 Å². The van der Waals surface area contributed by atoms with Crippen LogP contribution in [0.25, 0.3) is 0 Å². The van der Waals surface area contributed by atoms with Crippen molar-refractivity contribution in [1.82, 2.24) is 5.32 Å². The smallest absolute Gasteiger partial charge is 0.252 e. The van der Waals surface area contributed by atoms with Crippen molar-refractivity contribution in [3.8, 4) is 0 Å². The van der Waals surface area contributed by atoms with Crippen LogP contribution in [0.15, 0.2) is 12.1 Å². The fraction of sp³-hybridized carbons (Fsp3) is 0.533. The van der Waals surface area contributed by atoms with E-state index in [4.69, 9.17) is 0 Å². The number of carbonyl (C=O) groups is 1. The molecule has 2 atom stereocenters. The van der Waals surface area contributed by atoms with Gasteiger partial charge >= 0.3 is 0 Å². The summed E-state index contributed by atoms with van der Waals surface area (Å²) >= 11 is 3.64. The Labute approximate surface area is 117 Å². The molecule has 0 aliphatic heterocycles. The lowest BCUT2D eigenvalue weighted by molar-refractivity contribution is 0.0937. The van der Waals surface area contributed by atoms with Gasteiger partial charge in [0, 0.05) is 16.4 Å². The number of halogens is 1. The maximum Gasteiger partial charge on any atom is 0.252 e. The molecule has 0 spiro atoms. The quantitative estimate of drug-likeness (QED) is 0.830. The summed E-state index contributed by atoms with van der Waals surface area (Å²) in [5.74, 6) is 0.0707. The number of alkyl halides is 1. The Kier molecular flexibility index (Phi) is 4.10. The number of hydrogen-bond acceptors (Lipinski definition) is 1. The highest BCUT2D eigenvalue weighted by Gasteiger charge is 2.27. The van der Waals surface area contributed by atoms with E-state index in [1.54, 1.807) is 0 Å². The molecule has 18 heavy (non-hydrogen) atoms. The van der Waals surface area contributed by atoms with Gasteiger partial charge in [0.2, 0.25) is 0 Å². The van der Waals surface area contributed by atoms with Crippen molar-refractivity contribution < 1.29 is 4.79 Å². The van der Waals surface area contributed by atoms with Crippen molar-refractivity contribution in [1.29, 1.82) is 0 Å². The second-order valence-electron chi connectivity index (χ2n) is 5.30. The lowest BCUT2D eigenvalue weighted by atomic mass is 9.99. The Hall–Kier alpha value is -0.830. The van der Waals surface area contributed by atoms with Crippen LogP contribution in [0.3, 0.4) is 0 Å². The normalized spacial score (nSPS) is 23.1. The molecule has 2 unspecified atom stereocenters. The van der Waals surface area contributed by atoms with Gasteiger partial charge in [0.15, 0.2) is 0 Å². The molecule has 1 aromatic carbocycles. The summed E-state index contributed by atoms with van der Waals surface area (Å²) in [5, 5.41) is 3.16. The molecule has 1 N–H and O–H groups in total. The van der Waals surface area contributed by atoms with Gasteiger partial charge in [0.1, 0.15) is 0 Å². The van der Waals surface area contributed by atoms with Crippen LogP contribution in [0.4, 0.5) is 0 Å². The molecule has 1 aliphatic carbocycles. The first-order valence-electron chi connectivity index (χ1n) is 6.52. The molecule has 3 heteroatoms. The van der Waals surface area contributed by atoms with Gasteiger partial charge in [0.25, 0.3) is 5.91 Å². The summed E-state index contributed by atoms with van der Waals surface area (Å²) in [7, 11) is 0. The van der Waals surface area contributed by atoms with Crippen molar-refractivity contribution in [2.45, 2.75) is 50.9 Å². The van der Waals surface area contributed by atoms with Gasteiger partial charge in [-0.25, -0.2) is 0 Å². The minimum Gasteiger partial charge on any atom is -0.348 e. The van der Waals surface area contributed by atoms with E-state index in [0.29, 0.717) is 4.83 Å². The van der Waals surface area contributed by atoms with Crippen LogP contribution in [0.5, 0.6) is 0 Å². The Bertz CT molecular complexity index is 447. The SMILES string of the molecule is Cc1cc(C)c(C(=O)NC2CCCC2Br)c(C)c1. The number of aryl methyl sites for hydroxylation is 3. The second kappa shape index (κ2) is 5.43. The molecule has 0 bridgehead atoms. The molecule has 2 rings (SSSR count). The van der Waals surface area contributed by atoms with Crippen molar-refractivity contribution in [2.24, 2.45) is 0 Å². The number of carbonyl (C=O) groups excluding carboxylic acids is 1. The van der Waals surface area contributed by atoms with Crippen molar-refractivity contribution in [3.63, 3.8) is 0 Å². The van der Waals surface area contributed by atoms with E-state index >= 15 is 0 Å². The number of benzene rings is 1. The molecule has 2 nitrogen and oxygen atoms in total. The Balaban J connectivity index is 2.19. The molecule has 98 valence electrons. The highest BCUT2D eigenvalue weighted by molar-refractivity contribution is 9.09. The average Bonchev–Trinajstić information content (AvgIpc) is 2.62. The lowest BCUT2D eigenvalue weighted by Gasteiger charge is -2.18. The van der Waals surface area contributed by atoms with Crippen LogP contribution in [0.2, 0.25) is 0 Å². The molecule has 1 amide bonds. The van der Waals surface area contributed by atoms with E-state index in [2.05, 4.69) is 40.3 Å². The van der Waals surface area contributed by atoms with Crippen LogP contribution in [0, 0.1) is 20.8 Å². The monoisotopic (exact) mass is 309 g/mol. The number of amides is 1. The highest BCUT2D eigenvalue weighted by Crippen LogP contribution is 2.26. The molecular formula is C15H20BrNO. The second-order valence-corrected chi connectivity index (χ2v) is 6.48. The van der Waals surface area contributed by atoms with Gasteiger partial charge in [-0.1, -0.05) is 40.0 Å². The van der Waals surface area contributed by atoms with E-state index in [-0.39, 0.29) is 11.9 Å². The Morgan fingerprint density at radius 1 is 1.22 bits per heavy atom. The third kappa shape index (κ3) is 2.77. The predicted molar refractivity (Wildman–Crippen MR) is 78.5 cm³/mol. The molecule has 0 aromatic heterocycles. The summed E-state index contributed by atoms with van der Waals surface area (Å²) in [6.45, 7) is 6.08. The van der Waals surface area contributed by atoms with Gasteiger partial charge in [0.05, 0.1) is 0 Å². The molecule has 0 saturated heterocycles. The number of rotatable bonds is 2. The fourth-order valence-electron chi connectivity index (χ4n) is 2.86. The molecule has 1 aromatic rings. The van der Waals surface area contributed by atoms with Crippen LogP contribution < -0.4 is 5.32 Å². The van der Waals surface area contributed by atoms with Crippen LogP contribution >= 0.6 is 15.9 Å². The van der Waals surface area contributed by atoms with Crippen LogP contribution in [-0.2, 0) is 0 Å². The zero-order valence-electron chi connectivity index (χ0n) is 11.2. The van der Waals surface area contributed by atoms with Crippen LogP contribution in [0.1, 0.15) is 46.3 Å². The molecule has 0 heterocycles.